The number of methoxy groups -OCH3 is 1. The minimum Gasteiger partial charge on any atom is -0.497 e. The summed E-state index contributed by atoms with van der Waals surface area (Å²) in [6, 6.07) is 18.5. The second kappa shape index (κ2) is 8.32. The molecule has 4 rings (SSSR count). The number of nitrogens with one attached hydrogen (secondary N) is 1. The Hall–Kier alpha value is -3.38. The third-order valence-corrected chi connectivity index (χ3v) is 4.91. The van der Waals surface area contributed by atoms with Crippen LogP contribution in [0.5, 0.6) is 5.75 Å². The summed E-state index contributed by atoms with van der Waals surface area (Å²) in [6.45, 7) is 0.812. The third kappa shape index (κ3) is 4.07. The van der Waals surface area contributed by atoms with Gasteiger partial charge in [0.05, 0.1) is 30.8 Å². The van der Waals surface area contributed by atoms with E-state index in [2.05, 4.69) is 15.3 Å². The van der Waals surface area contributed by atoms with Crippen LogP contribution in [0.3, 0.4) is 0 Å². The van der Waals surface area contributed by atoms with Gasteiger partial charge in [0.15, 0.2) is 5.65 Å². The Kier molecular flexibility index (Phi) is 5.44. The van der Waals surface area contributed by atoms with Gasteiger partial charge in [-0.15, -0.1) is 0 Å². The molecule has 0 bridgehead atoms. The zero-order valence-electron chi connectivity index (χ0n) is 15.8. The number of hydrogen-bond acceptors (Lipinski definition) is 4. The van der Waals surface area contributed by atoms with Crippen LogP contribution >= 0.6 is 11.6 Å². The zero-order chi connectivity index (χ0) is 20.2. The summed E-state index contributed by atoms with van der Waals surface area (Å²) in [4.78, 5) is 21.7. The van der Waals surface area contributed by atoms with E-state index >= 15 is 0 Å². The second-order valence-electron chi connectivity index (χ2n) is 6.47. The maximum atomic E-state index is 12.5. The molecule has 146 valence electrons. The lowest BCUT2D eigenvalue weighted by molar-refractivity contribution is 0.0949. The van der Waals surface area contributed by atoms with Crippen molar-refractivity contribution in [3.05, 3.63) is 88.8 Å². The van der Waals surface area contributed by atoms with Crippen LogP contribution in [0.1, 0.15) is 21.7 Å². The van der Waals surface area contributed by atoms with Crippen LogP contribution in [-0.2, 0) is 13.1 Å². The minimum atomic E-state index is -0.247. The number of amides is 1. The standard InChI is InChI=1S/C22H19ClN4O2/c1-29-16-7-4-6-15(12-16)14-27-20(26-19-10-5-11-24-21(19)27)13-25-22(28)17-8-2-3-9-18(17)23/h2-12H,13-14H2,1H3,(H,25,28). The number of nitrogens with zero attached hydrogens (tertiary/aromatic N) is 3. The van der Waals surface area contributed by atoms with Crippen molar-refractivity contribution in [3.8, 4) is 5.75 Å². The molecule has 0 radical (unpaired) electrons. The van der Waals surface area contributed by atoms with Gasteiger partial charge in [-0.05, 0) is 42.0 Å². The number of benzene rings is 2. The molecule has 29 heavy (non-hydrogen) atoms. The maximum absolute atomic E-state index is 12.5. The molecular weight excluding hydrogens is 388 g/mol. The molecule has 2 aromatic heterocycles. The zero-order valence-corrected chi connectivity index (χ0v) is 16.6. The molecule has 0 saturated carbocycles. The molecule has 6 nitrogen and oxygen atoms in total. The first-order valence-electron chi connectivity index (χ1n) is 9.11. The highest BCUT2D eigenvalue weighted by Crippen LogP contribution is 2.19. The number of carbonyl (C=O) groups excluding carboxylic acids is 1. The predicted molar refractivity (Wildman–Crippen MR) is 112 cm³/mol. The van der Waals surface area contributed by atoms with Gasteiger partial charge < -0.3 is 14.6 Å². The van der Waals surface area contributed by atoms with E-state index in [0.29, 0.717) is 23.0 Å². The van der Waals surface area contributed by atoms with E-state index in [1.807, 2.05) is 41.0 Å². The summed E-state index contributed by atoms with van der Waals surface area (Å²) >= 11 is 6.13. The van der Waals surface area contributed by atoms with E-state index in [9.17, 15) is 4.79 Å². The quantitative estimate of drug-likeness (QED) is 0.524. The summed E-state index contributed by atoms with van der Waals surface area (Å²) in [7, 11) is 1.64. The smallest absolute Gasteiger partial charge is 0.253 e. The fourth-order valence-corrected chi connectivity index (χ4v) is 3.38. The first kappa shape index (κ1) is 19.0. The lowest BCUT2D eigenvalue weighted by atomic mass is 10.2. The van der Waals surface area contributed by atoms with E-state index in [1.165, 1.54) is 0 Å². The third-order valence-electron chi connectivity index (χ3n) is 4.58. The molecule has 0 atom stereocenters. The van der Waals surface area contributed by atoms with Gasteiger partial charge in [0.1, 0.15) is 17.1 Å². The molecule has 7 heteroatoms. The van der Waals surface area contributed by atoms with Gasteiger partial charge in [-0.1, -0.05) is 35.9 Å². The largest absolute Gasteiger partial charge is 0.497 e. The summed E-state index contributed by atoms with van der Waals surface area (Å²) in [5.41, 5.74) is 3.02. The Morgan fingerprint density at radius 1 is 1.14 bits per heavy atom. The first-order chi connectivity index (χ1) is 14.2. The molecular formula is C22H19ClN4O2. The van der Waals surface area contributed by atoms with Crippen molar-refractivity contribution in [3.63, 3.8) is 0 Å². The molecule has 0 spiro atoms. The number of ether oxygens (including phenoxy) is 1. The van der Waals surface area contributed by atoms with Crippen molar-refractivity contribution in [2.75, 3.05) is 7.11 Å². The van der Waals surface area contributed by atoms with Crippen LogP contribution in [0.25, 0.3) is 11.2 Å². The molecule has 0 fully saturated rings. The fourth-order valence-electron chi connectivity index (χ4n) is 3.16. The molecule has 1 N–H and O–H groups in total. The summed E-state index contributed by atoms with van der Waals surface area (Å²) in [5, 5.41) is 3.32. The predicted octanol–water partition coefficient (Wildman–Crippen LogP) is 4.07. The Morgan fingerprint density at radius 2 is 2.00 bits per heavy atom. The van der Waals surface area contributed by atoms with Crippen LogP contribution in [0.4, 0.5) is 0 Å². The van der Waals surface area contributed by atoms with Crippen LogP contribution in [0, 0.1) is 0 Å². The van der Waals surface area contributed by atoms with Gasteiger partial charge in [0.2, 0.25) is 0 Å². The molecule has 2 aromatic carbocycles. The molecule has 0 aliphatic carbocycles. The van der Waals surface area contributed by atoms with Crippen molar-refractivity contribution >= 4 is 28.7 Å². The number of pyridine rings is 1. The van der Waals surface area contributed by atoms with Gasteiger partial charge in [0.25, 0.3) is 5.91 Å². The van der Waals surface area contributed by atoms with Gasteiger partial charge >= 0.3 is 0 Å². The van der Waals surface area contributed by atoms with Gasteiger partial charge in [0, 0.05) is 6.20 Å². The van der Waals surface area contributed by atoms with Crippen LogP contribution in [0.15, 0.2) is 66.9 Å². The lowest BCUT2D eigenvalue weighted by Crippen LogP contribution is -2.25. The number of halogens is 1. The van der Waals surface area contributed by atoms with E-state index in [-0.39, 0.29) is 12.5 Å². The lowest BCUT2D eigenvalue weighted by Gasteiger charge is -2.11. The van der Waals surface area contributed by atoms with Gasteiger partial charge in [-0.2, -0.15) is 0 Å². The molecule has 2 heterocycles. The van der Waals surface area contributed by atoms with Crippen LogP contribution in [0.2, 0.25) is 5.02 Å². The molecule has 0 aliphatic heterocycles. The second-order valence-corrected chi connectivity index (χ2v) is 6.88. The minimum absolute atomic E-state index is 0.247. The number of rotatable bonds is 6. The number of aromatic nitrogens is 3. The molecule has 0 aliphatic rings. The first-order valence-corrected chi connectivity index (χ1v) is 9.49. The van der Waals surface area contributed by atoms with Crippen molar-refractivity contribution in [2.24, 2.45) is 0 Å². The van der Waals surface area contributed by atoms with Crippen LogP contribution < -0.4 is 10.1 Å². The summed E-state index contributed by atoms with van der Waals surface area (Å²) < 4.78 is 7.32. The number of imidazole rings is 1. The van der Waals surface area contributed by atoms with E-state index in [4.69, 9.17) is 16.3 Å². The SMILES string of the molecule is COc1cccc(Cn2c(CNC(=O)c3ccccc3Cl)nc3cccnc32)c1. The molecule has 0 saturated heterocycles. The number of hydrogen-bond donors (Lipinski definition) is 1. The normalized spacial score (nSPS) is 10.8. The monoisotopic (exact) mass is 406 g/mol. The average Bonchev–Trinajstić information content (AvgIpc) is 3.10. The van der Waals surface area contributed by atoms with Gasteiger partial charge in [-0.3, -0.25) is 4.79 Å². The molecule has 1 amide bonds. The maximum Gasteiger partial charge on any atom is 0.253 e. The Labute approximate surface area is 173 Å². The number of carbonyl (C=O) groups is 1. The summed E-state index contributed by atoms with van der Waals surface area (Å²) in [6.07, 6.45) is 1.73. The topological polar surface area (TPSA) is 69.0 Å². The van der Waals surface area contributed by atoms with E-state index in [0.717, 1.165) is 22.5 Å². The Bertz CT molecular complexity index is 1170. The Balaban J connectivity index is 1.63. The van der Waals surface area contributed by atoms with Crippen molar-refractivity contribution in [2.45, 2.75) is 13.1 Å². The van der Waals surface area contributed by atoms with Crippen molar-refractivity contribution < 1.29 is 9.53 Å². The van der Waals surface area contributed by atoms with Crippen molar-refractivity contribution in [1.29, 1.82) is 0 Å². The molecule has 4 aromatic rings. The average molecular weight is 407 g/mol. The highest BCUT2D eigenvalue weighted by atomic mass is 35.5. The highest BCUT2D eigenvalue weighted by Gasteiger charge is 2.15. The van der Waals surface area contributed by atoms with E-state index in [1.54, 1.807) is 37.6 Å². The van der Waals surface area contributed by atoms with Crippen molar-refractivity contribution in [1.82, 2.24) is 19.9 Å². The van der Waals surface area contributed by atoms with Gasteiger partial charge in [-0.25, -0.2) is 9.97 Å². The fraction of sp³-hybridized carbons (Fsp3) is 0.136. The summed E-state index contributed by atoms with van der Waals surface area (Å²) in [5.74, 6) is 1.25. The van der Waals surface area contributed by atoms with E-state index < -0.39 is 0 Å². The number of fused-ring (bicyclic) bond motifs is 1. The highest BCUT2D eigenvalue weighted by molar-refractivity contribution is 6.33. The van der Waals surface area contributed by atoms with Crippen LogP contribution in [-0.4, -0.2) is 27.6 Å². The Morgan fingerprint density at radius 3 is 2.83 bits per heavy atom. The molecule has 0 unspecified atom stereocenters.